The molecule has 0 saturated heterocycles. The Kier molecular flexibility index (Phi) is 9.81. The van der Waals surface area contributed by atoms with E-state index in [0.717, 1.165) is 12.0 Å². The number of nitrogens with one attached hydrogen (secondary N) is 1. The highest BCUT2D eigenvalue weighted by molar-refractivity contribution is 8.13. The Balaban J connectivity index is 0.000000262. The van der Waals surface area contributed by atoms with Crippen LogP contribution in [0.5, 0.6) is 5.75 Å². The lowest BCUT2D eigenvalue weighted by Gasteiger charge is -2.21. The lowest BCUT2D eigenvalue weighted by molar-refractivity contribution is 0.339. The Bertz CT molecular complexity index is 1010. The molecule has 9 heteroatoms. The average molecular weight is 488 g/mol. The molecule has 0 radical (unpaired) electrons. The maximum Gasteiger partial charge on any atom is 0.261 e. The van der Waals surface area contributed by atoms with Gasteiger partial charge in [-0.15, -0.1) is 0 Å². The highest BCUT2D eigenvalue weighted by Gasteiger charge is 2.17. The Morgan fingerprint density at radius 1 is 0.903 bits per heavy atom. The molecule has 1 fully saturated rings. The van der Waals surface area contributed by atoms with Crippen LogP contribution < -0.4 is 9.46 Å². The van der Waals surface area contributed by atoms with Crippen LogP contribution in [0.25, 0.3) is 0 Å². The zero-order valence-corrected chi connectivity index (χ0v) is 20.3. The van der Waals surface area contributed by atoms with Gasteiger partial charge in [-0.25, -0.2) is 21.6 Å². The molecule has 0 atom stereocenters. The summed E-state index contributed by atoms with van der Waals surface area (Å²) in [5.41, 5.74) is 1.01. The largest absolute Gasteiger partial charge is 0.497 e. The smallest absolute Gasteiger partial charge is 0.261 e. The van der Waals surface area contributed by atoms with Crippen molar-refractivity contribution >= 4 is 29.8 Å². The summed E-state index contributed by atoms with van der Waals surface area (Å²) in [7, 11) is -0.294. The lowest BCUT2D eigenvalue weighted by atomic mass is 9.87. The van der Waals surface area contributed by atoms with E-state index >= 15 is 0 Å². The fourth-order valence-corrected chi connectivity index (χ4v) is 5.23. The molecule has 6 nitrogen and oxygen atoms in total. The first-order chi connectivity index (χ1) is 14.6. The number of rotatable bonds is 7. The molecule has 0 aromatic heterocycles. The molecule has 1 aliphatic carbocycles. The number of benzene rings is 2. The lowest BCUT2D eigenvalue weighted by Crippen LogP contribution is -2.26. The van der Waals surface area contributed by atoms with E-state index < -0.39 is 19.1 Å². The van der Waals surface area contributed by atoms with E-state index in [1.54, 1.807) is 43.5 Å². The number of ether oxygens (including phenoxy) is 1. The zero-order valence-electron chi connectivity index (χ0n) is 17.9. The number of aryl methyl sites for hydroxylation is 1. The van der Waals surface area contributed by atoms with Gasteiger partial charge >= 0.3 is 0 Å². The van der Waals surface area contributed by atoms with E-state index in [9.17, 15) is 16.8 Å². The van der Waals surface area contributed by atoms with Gasteiger partial charge in [-0.05, 0) is 55.7 Å². The van der Waals surface area contributed by atoms with Crippen molar-refractivity contribution < 1.29 is 21.6 Å². The number of hydrogen-bond acceptors (Lipinski definition) is 5. The molecular weight excluding hydrogens is 458 g/mol. The molecule has 31 heavy (non-hydrogen) atoms. The van der Waals surface area contributed by atoms with E-state index in [4.69, 9.17) is 15.4 Å². The fraction of sp³-hybridized carbons (Fsp3) is 0.455. The van der Waals surface area contributed by atoms with Gasteiger partial charge in [0.15, 0.2) is 0 Å². The van der Waals surface area contributed by atoms with Crippen molar-refractivity contribution in [2.75, 3.05) is 13.7 Å². The molecule has 172 valence electrons. The van der Waals surface area contributed by atoms with Crippen LogP contribution in [0.3, 0.4) is 0 Å². The summed E-state index contributed by atoms with van der Waals surface area (Å²) < 4.78 is 53.4. The van der Waals surface area contributed by atoms with Crippen molar-refractivity contribution in [2.45, 2.75) is 55.2 Å². The third-order valence-corrected chi connectivity index (χ3v) is 8.09. The molecule has 1 N–H and O–H groups in total. The number of sulfonamides is 1. The summed E-state index contributed by atoms with van der Waals surface area (Å²) in [5.74, 6) is 1.34. The molecule has 0 unspecified atom stereocenters. The summed E-state index contributed by atoms with van der Waals surface area (Å²) in [6.07, 6.45) is 7.32. The van der Waals surface area contributed by atoms with Crippen molar-refractivity contribution in [3.05, 3.63) is 54.1 Å². The third kappa shape index (κ3) is 8.80. The third-order valence-electron chi connectivity index (χ3n) is 5.24. The van der Waals surface area contributed by atoms with Crippen LogP contribution in [0.4, 0.5) is 0 Å². The van der Waals surface area contributed by atoms with E-state index in [0.29, 0.717) is 23.1 Å². The van der Waals surface area contributed by atoms with Crippen LogP contribution in [0.1, 0.15) is 44.1 Å². The topological polar surface area (TPSA) is 89.5 Å². The first-order valence-corrected chi connectivity index (χ1v) is 14.1. The van der Waals surface area contributed by atoms with E-state index in [-0.39, 0.29) is 4.90 Å². The molecule has 0 bridgehead atoms. The monoisotopic (exact) mass is 487 g/mol. The van der Waals surface area contributed by atoms with Crippen LogP contribution >= 0.6 is 10.7 Å². The first-order valence-electron chi connectivity index (χ1n) is 10.3. The first kappa shape index (κ1) is 25.6. The second-order valence-corrected chi connectivity index (χ2v) is 11.9. The minimum atomic E-state index is -3.55. The van der Waals surface area contributed by atoms with Crippen LogP contribution in [0.15, 0.2) is 58.3 Å². The summed E-state index contributed by atoms with van der Waals surface area (Å²) in [4.78, 5) is 0.437. The molecule has 0 spiro atoms. The van der Waals surface area contributed by atoms with Gasteiger partial charge < -0.3 is 4.74 Å². The van der Waals surface area contributed by atoms with Gasteiger partial charge in [-0.1, -0.05) is 49.8 Å². The highest BCUT2D eigenvalue weighted by atomic mass is 35.7. The van der Waals surface area contributed by atoms with E-state index in [2.05, 4.69) is 4.72 Å². The minimum absolute atomic E-state index is 0.143. The van der Waals surface area contributed by atoms with Gasteiger partial charge in [0.25, 0.3) is 9.05 Å². The Labute approximate surface area is 190 Å². The van der Waals surface area contributed by atoms with Gasteiger partial charge in [0.1, 0.15) is 5.75 Å². The fourth-order valence-electron chi connectivity index (χ4n) is 3.41. The standard InChI is InChI=1S/C15H23NO3S.C7H7ClO2S/c1-19-14-7-9-15(10-8-14)20(17,18)16-12-11-13-5-3-2-4-6-13;1-6-2-4-7(5-3-6)11(8,9)10/h7-10,13,16H,2-6,11-12H2,1H3;2-5H,1H3. The molecule has 0 amide bonds. The minimum Gasteiger partial charge on any atom is -0.497 e. The van der Waals surface area contributed by atoms with Crippen molar-refractivity contribution in [3.8, 4) is 5.75 Å². The van der Waals surface area contributed by atoms with Gasteiger partial charge in [0, 0.05) is 17.2 Å². The second-order valence-electron chi connectivity index (χ2n) is 7.62. The average Bonchev–Trinajstić information content (AvgIpc) is 2.74. The van der Waals surface area contributed by atoms with Crippen molar-refractivity contribution in [3.63, 3.8) is 0 Å². The van der Waals surface area contributed by atoms with Crippen LogP contribution in [-0.2, 0) is 19.1 Å². The Morgan fingerprint density at radius 2 is 1.45 bits per heavy atom. The maximum absolute atomic E-state index is 12.1. The summed E-state index contributed by atoms with van der Waals surface area (Å²) in [6, 6.07) is 12.8. The van der Waals surface area contributed by atoms with Crippen LogP contribution in [-0.4, -0.2) is 30.5 Å². The van der Waals surface area contributed by atoms with E-state index in [1.165, 1.54) is 44.2 Å². The molecule has 1 saturated carbocycles. The number of methoxy groups -OCH3 is 1. The van der Waals surface area contributed by atoms with Crippen LogP contribution in [0, 0.1) is 12.8 Å². The molecule has 1 aliphatic rings. The maximum atomic E-state index is 12.1. The number of hydrogen-bond donors (Lipinski definition) is 1. The highest BCUT2D eigenvalue weighted by Crippen LogP contribution is 2.26. The van der Waals surface area contributed by atoms with Crippen LogP contribution in [0.2, 0.25) is 0 Å². The molecule has 0 heterocycles. The van der Waals surface area contributed by atoms with E-state index in [1.807, 2.05) is 6.92 Å². The van der Waals surface area contributed by atoms with Crippen molar-refractivity contribution in [2.24, 2.45) is 5.92 Å². The van der Waals surface area contributed by atoms with Gasteiger partial charge in [0.2, 0.25) is 10.0 Å². The predicted octanol–water partition coefficient (Wildman–Crippen LogP) is 4.87. The summed E-state index contributed by atoms with van der Waals surface area (Å²) >= 11 is 0. The summed E-state index contributed by atoms with van der Waals surface area (Å²) in [6.45, 7) is 2.41. The molecule has 0 aliphatic heterocycles. The Hall–Kier alpha value is -1.61. The summed E-state index contributed by atoms with van der Waals surface area (Å²) in [5, 5.41) is 0. The number of halogens is 1. The van der Waals surface area contributed by atoms with Gasteiger partial charge in [-0.2, -0.15) is 0 Å². The molecule has 3 rings (SSSR count). The van der Waals surface area contributed by atoms with Crippen molar-refractivity contribution in [1.82, 2.24) is 4.72 Å². The zero-order chi connectivity index (χ0) is 22.9. The second kappa shape index (κ2) is 11.9. The molecule has 2 aromatic carbocycles. The van der Waals surface area contributed by atoms with Gasteiger partial charge in [-0.3, -0.25) is 0 Å². The Morgan fingerprint density at radius 3 is 1.97 bits per heavy atom. The molecular formula is C22H30ClNO5S2. The quantitative estimate of drug-likeness (QED) is 0.563. The van der Waals surface area contributed by atoms with Crippen molar-refractivity contribution in [1.29, 1.82) is 0 Å². The predicted molar refractivity (Wildman–Crippen MR) is 124 cm³/mol. The SMILES string of the molecule is COc1ccc(S(=O)(=O)NCCC2CCCCC2)cc1.Cc1ccc(S(=O)(=O)Cl)cc1. The molecule has 2 aromatic rings. The normalized spacial score (nSPS) is 15.1. The van der Waals surface area contributed by atoms with Gasteiger partial charge in [0.05, 0.1) is 16.9 Å².